The van der Waals surface area contributed by atoms with Crippen LogP contribution in [0.15, 0.2) is 18.2 Å². The van der Waals surface area contributed by atoms with E-state index >= 15 is 0 Å². The Labute approximate surface area is 119 Å². The second-order valence-electron chi connectivity index (χ2n) is 5.19. The van der Waals surface area contributed by atoms with Crippen LogP contribution in [0.4, 0.5) is 0 Å². The highest BCUT2D eigenvalue weighted by Gasteiger charge is 2.24. The smallest absolute Gasteiger partial charge is 0.208 e. The minimum atomic E-state index is -3.11. The molecule has 0 amide bonds. The van der Waals surface area contributed by atoms with Gasteiger partial charge in [0, 0.05) is 30.7 Å². The van der Waals surface area contributed by atoms with Gasteiger partial charge in [-0.2, -0.15) is 0 Å². The molecule has 4 nitrogen and oxygen atoms in total. The van der Waals surface area contributed by atoms with Gasteiger partial charge in [0.25, 0.3) is 0 Å². The van der Waals surface area contributed by atoms with Crippen LogP contribution in [0.5, 0.6) is 0 Å². The Bertz CT molecular complexity index is 560. The first-order valence-corrected chi connectivity index (χ1v) is 8.55. The molecule has 1 aromatic rings. The summed E-state index contributed by atoms with van der Waals surface area (Å²) in [7, 11) is -3.11. The molecule has 1 aromatic carbocycles. The molecule has 1 saturated heterocycles. The zero-order chi connectivity index (χ0) is 14.0. The van der Waals surface area contributed by atoms with Crippen molar-refractivity contribution in [3.05, 3.63) is 34.3 Å². The summed E-state index contributed by atoms with van der Waals surface area (Å²) in [5.41, 5.74) is 2.24. The van der Waals surface area contributed by atoms with Gasteiger partial charge in [-0.15, -0.1) is 0 Å². The molecule has 0 aliphatic carbocycles. The molecule has 1 aliphatic rings. The van der Waals surface area contributed by atoms with Crippen molar-refractivity contribution in [2.75, 3.05) is 19.3 Å². The molecule has 106 valence electrons. The molecule has 1 atom stereocenters. The predicted molar refractivity (Wildman–Crippen MR) is 77.9 cm³/mol. The van der Waals surface area contributed by atoms with Crippen LogP contribution >= 0.6 is 11.6 Å². The maximum Gasteiger partial charge on any atom is 0.208 e. The van der Waals surface area contributed by atoms with Gasteiger partial charge in [0.15, 0.2) is 0 Å². The van der Waals surface area contributed by atoms with Gasteiger partial charge in [0.05, 0.1) is 6.26 Å². The third kappa shape index (κ3) is 4.45. The summed E-state index contributed by atoms with van der Waals surface area (Å²) < 4.78 is 25.0. The van der Waals surface area contributed by atoms with Crippen molar-refractivity contribution in [2.45, 2.75) is 25.9 Å². The van der Waals surface area contributed by atoms with Gasteiger partial charge < -0.3 is 0 Å². The van der Waals surface area contributed by atoms with Gasteiger partial charge in [-0.1, -0.05) is 23.7 Å². The Kier molecular flexibility index (Phi) is 4.50. The minimum absolute atomic E-state index is 0.0240. The molecule has 1 fully saturated rings. The molecular formula is C13H19ClN2O2S. The molecule has 0 spiro atoms. The summed E-state index contributed by atoms with van der Waals surface area (Å²) in [5.74, 6) is 0. The van der Waals surface area contributed by atoms with Gasteiger partial charge in [0.2, 0.25) is 10.0 Å². The van der Waals surface area contributed by atoms with Crippen LogP contribution in [0, 0.1) is 6.92 Å². The third-order valence-electron chi connectivity index (χ3n) is 3.30. The summed E-state index contributed by atoms with van der Waals surface area (Å²) in [6, 6.07) is 6.09. The Hall–Kier alpha value is -0.620. The molecule has 1 heterocycles. The Morgan fingerprint density at radius 1 is 1.47 bits per heavy atom. The van der Waals surface area contributed by atoms with Crippen LogP contribution < -0.4 is 4.72 Å². The topological polar surface area (TPSA) is 49.4 Å². The van der Waals surface area contributed by atoms with Crippen LogP contribution in [-0.2, 0) is 16.6 Å². The average molecular weight is 303 g/mol. The number of hydrogen-bond donors (Lipinski definition) is 1. The minimum Gasteiger partial charge on any atom is -0.297 e. The van der Waals surface area contributed by atoms with E-state index in [2.05, 4.69) is 15.7 Å². The molecule has 1 aliphatic heterocycles. The molecule has 1 unspecified atom stereocenters. The van der Waals surface area contributed by atoms with E-state index in [1.165, 1.54) is 6.26 Å². The van der Waals surface area contributed by atoms with E-state index in [4.69, 9.17) is 11.6 Å². The van der Waals surface area contributed by atoms with Crippen LogP contribution in [0.2, 0.25) is 5.02 Å². The zero-order valence-corrected chi connectivity index (χ0v) is 12.8. The Morgan fingerprint density at radius 3 is 2.84 bits per heavy atom. The fourth-order valence-electron chi connectivity index (χ4n) is 2.37. The average Bonchev–Trinajstić information content (AvgIpc) is 2.68. The van der Waals surface area contributed by atoms with E-state index in [0.717, 1.165) is 42.2 Å². The molecule has 6 heteroatoms. The highest BCUT2D eigenvalue weighted by molar-refractivity contribution is 7.88. The summed E-state index contributed by atoms with van der Waals surface area (Å²) in [5, 5.41) is 0.780. The van der Waals surface area contributed by atoms with Gasteiger partial charge >= 0.3 is 0 Å². The van der Waals surface area contributed by atoms with Crippen LogP contribution in [-0.4, -0.2) is 38.7 Å². The summed E-state index contributed by atoms with van der Waals surface area (Å²) in [4.78, 5) is 2.24. The lowest BCUT2D eigenvalue weighted by Crippen LogP contribution is -2.36. The first kappa shape index (κ1) is 14.8. The highest BCUT2D eigenvalue weighted by atomic mass is 35.5. The number of halogens is 1. The van der Waals surface area contributed by atoms with Gasteiger partial charge in [-0.3, -0.25) is 4.90 Å². The summed E-state index contributed by atoms with van der Waals surface area (Å²) in [6.07, 6.45) is 2.06. The fraction of sp³-hybridized carbons (Fsp3) is 0.538. The molecule has 0 saturated carbocycles. The molecule has 0 aromatic heterocycles. The molecule has 19 heavy (non-hydrogen) atoms. The van der Waals surface area contributed by atoms with Gasteiger partial charge in [-0.05, 0) is 30.5 Å². The first-order valence-electron chi connectivity index (χ1n) is 6.28. The van der Waals surface area contributed by atoms with E-state index in [1.54, 1.807) is 0 Å². The van der Waals surface area contributed by atoms with E-state index in [9.17, 15) is 8.42 Å². The van der Waals surface area contributed by atoms with Crippen molar-refractivity contribution < 1.29 is 8.42 Å². The number of nitrogens with zero attached hydrogens (tertiary/aromatic N) is 1. The summed E-state index contributed by atoms with van der Waals surface area (Å²) >= 11 is 6.10. The normalized spacial score (nSPS) is 20.9. The number of rotatable bonds is 4. The SMILES string of the molecule is Cc1ccc(CN2CCC(NS(C)(=O)=O)C2)cc1Cl. The maximum absolute atomic E-state index is 11.2. The number of nitrogens with one attached hydrogen (secondary N) is 1. The quantitative estimate of drug-likeness (QED) is 0.922. The summed E-state index contributed by atoms with van der Waals surface area (Å²) in [6.45, 7) is 4.44. The van der Waals surface area contributed by atoms with E-state index in [1.807, 2.05) is 19.1 Å². The van der Waals surface area contributed by atoms with Crippen molar-refractivity contribution in [3.63, 3.8) is 0 Å². The lowest BCUT2D eigenvalue weighted by molar-refractivity contribution is 0.324. The van der Waals surface area contributed by atoms with Crippen LogP contribution in [0.25, 0.3) is 0 Å². The molecular weight excluding hydrogens is 284 g/mol. The van der Waals surface area contributed by atoms with E-state index in [0.29, 0.717) is 0 Å². The zero-order valence-electron chi connectivity index (χ0n) is 11.2. The number of sulfonamides is 1. The molecule has 2 rings (SSSR count). The van der Waals surface area contributed by atoms with Crippen molar-refractivity contribution in [1.29, 1.82) is 0 Å². The molecule has 1 N–H and O–H groups in total. The lowest BCUT2D eigenvalue weighted by Gasteiger charge is -2.16. The van der Waals surface area contributed by atoms with Crippen LogP contribution in [0.3, 0.4) is 0 Å². The number of hydrogen-bond acceptors (Lipinski definition) is 3. The predicted octanol–water partition coefficient (Wildman–Crippen LogP) is 1.77. The van der Waals surface area contributed by atoms with Crippen molar-refractivity contribution in [2.24, 2.45) is 0 Å². The third-order valence-corrected chi connectivity index (χ3v) is 4.46. The Balaban J connectivity index is 1.93. The number of likely N-dealkylation sites (tertiary alicyclic amines) is 1. The standard InChI is InChI=1S/C13H19ClN2O2S/c1-10-3-4-11(7-13(10)14)8-16-6-5-12(9-16)15-19(2,17)18/h3-4,7,12,15H,5-6,8-9H2,1-2H3. The van der Waals surface area contributed by atoms with Gasteiger partial charge in [0.1, 0.15) is 0 Å². The largest absolute Gasteiger partial charge is 0.297 e. The van der Waals surface area contributed by atoms with Gasteiger partial charge in [-0.25, -0.2) is 13.1 Å². The van der Waals surface area contributed by atoms with Crippen molar-refractivity contribution >= 4 is 21.6 Å². The number of aryl methyl sites for hydroxylation is 1. The molecule has 0 bridgehead atoms. The first-order chi connectivity index (χ1) is 8.83. The monoisotopic (exact) mass is 302 g/mol. The number of benzene rings is 1. The highest BCUT2D eigenvalue weighted by Crippen LogP contribution is 2.19. The van der Waals surface area contributed by atoms with Crippen LogP contribution in [0.1, 0.15) is 17.5 Å². The fourth-order valence-corrected chi connectivity index (χ4v) is 3.37. The maximum atomic E-state index is 11.2. The second-order valence-corrected chi connectivity index (χ2v) is 7.38. The molecule has 0 radical (unpaired) electrons. The van der Waals surface area contributed by atoms with E-state index in [-0.39, 0.29) is 6.04 Å². The van der Waals surface area contributed by atoms with Crippen molar-refractivity contribution in [1.82, 2.24) is 9.62 Å². The van der Waals surface area contributed by atoms with E-state index < -0.39 is 10.0 Å². The van der Waals surface area contributed by atoms with Crippen molar-refractivity contribution in [3.8, 4) is 0 Å². The second kappa shape index (κ2) is 5.79. The lowest BCUT2D eigenvalue weighted by atomic mass is 10.1. The Morgan fingerprint density at radius 2 is 2.21 bits per heavy atom.